The summed E-state index contributed by atoms with van der Waals surface area (Å²) >= 11 is 0. The molecule has 0 spiro atoms. The third-order valence-electron chi connectivity index (χ3n) is 8.01. The van der Waals surface area contributed by atoms with Crippen molar-refractivity contribution in [3.05, 3.63) is 0 Å². The summed E-state index contributed by atoms with van der Waals surface area (Å²) in [7, 11) is 0. The van der Waals surface area contributed by atoms with Gasteiger partial charge in [-0.15, -0.1) is 0 Å². The van der Waals surface area contributed by atoms with Crippen LogP contribution < -0.4 is 32.3 Å². The van der Waals surface area contributed by atoms with Crippen molar-refractivity contribution in [2.24, 2.45) is 23.2 Å². The molecule has 2 amide bonds. The van der Waals surface area contributed by atoms with Crippen LogP contribution in [0.3, 0.4) is 0 Å². The number of hydrazine groups is 1. The minimum atomic E-state index is -0.665. The van der Waals surface area contributed by atoms with E-state index >= 15 is 0 Å². The Morgan fingerprint density at radius 2 is 1.88 bits per heavy atom. The monoisotopic (exact) mass is 482 g/mol. The number of carbonyl (C=O) groups excluding carboxylic acids is 2. The summed E-state index contributed by atoms with van der Waals surface area (Å²) in [6.07, 6.45) is 7.46. The Morgan fingerprint density at radius 3 is 2.68 bits per heavy atom. The van der Waals surface area contributed by atoms with Gasteiger partial charge in [-0.25, -0.2) is 9.82 Å². The Hall–Kier alpha value is -1.33. The van der Waals surface area contributed by atoms with Gasteiger partial charge in [0.2, 0.25) is 11.8 Å². The fourth-order valence-corrected chi connectivity index (χ4v) is 5.78. The summed E-state index contributed by atoms with van der Waals surface area (Å²) in [5.74, 6) is 0.903. The Morgan fingerprint density at radius 1 is 1.12 bits per heavy atom. The van der Waals surface area contributed by atoms with Crippen molar-refractivity contribution in [2.75, 3.05) is 13.1 Å². The van der Waals surface area contributed by atoms with E-state index in [1.807, 2.05) is 0 Å². The van der Waals surface area contributed by atoms with E-state index < -0.39 is 6.17 Å². The first kappa shape index (κ1) is 25.8. The molecule has 10 heteroatoms. The molecule has 2 aliphatic carbocycles. The topological polar surface area (TPSA) is 116 Å². The first-order valence-electron chi connectivity index (χ1n) is 13.2. The summed E-state index contributed by atoms with van der Waals surface area (Å²) in [4.78, 5) is 30.2. The van der Waals surface area contributed by atoms with Gasteiger partial charge in [0.1, 0.15) is 12.4 Å². The van der Waals surface area contributed by atoms with Crippen molar-refractivity contribution in [3.63, 3.8) is 0 Å². The number of alkyl halides is 1. The summed E-state index contributed by atoms with van der Waals surface area (Å²) in [6.45, 7) is 5.55. The van der Waals surface area contributed by atoms with Gasteiger partial charge < -0.3 is 5.32 Å². The minimum absolute atomic E-state index is 0.00950. The lowest BCUT2D eigenvalue weighted by molar-refractivity contribution is -0.134. The summed E-state index contributed by atoms with van der Waals surface area (Å²) in [5, 5.41) is 10.0. The maximum atomic E-state index is 13.4. The Kier molecular flexibility index (Phi) is 8.79. The average Bonchev–Trinajstić information content (AvgIpc) is 3.31. The molecule has 194 valence electrons. The zero-order valence-electron chi connectivity index (χ0n) is 20.6. The van der Waals surface area contributed by atoms with E-state index in [1.165, 1.54) is 6.42 Å². The molecule has 2 saturated heterocycles. The van der Waals surface area contributed by atoms with Gasteiger partial charge in [-0.2, -0.15) is 5.48 Å². The van der Waals surface area contributed by atoms with Crippen LogP contribution >= 0.6 is 0 Å². The molecule has 2 heterocycles. The second kappa shape index (κ2) is 11.6. The van der Waals surface area contributed by atoms with Crippen LogP contribution in [0.4, 0.5) is 4.39 Å². The highest BCUT2D eigenvalue weighted by atomic mass is 19.1. The highest BCUT2D eigenvalue weighted by Crippen LogP contribution is 2.34. The second-order valence-corrected chi connectivity index (χ2v) is 11.4. The summed E-state index contributed by atoms with van der Waals surface area (Å²) in [5.41, 5.74) is 8.87. The van der Waals surface area contributed by atoms with Crippen LogP contribution in [0.25, 0.3) is 0 Å². The van der Waals surface area contributed by atoms with E-state index in [1.54, 1.807) is 0 Å². The van der Waals surface area contributed by atoms with Crippen molar-refractivity contribution >= 4 is 11.8 Å². The van der Waals surface area contributed by atoms with Crippen LogP contribution in [0.1, 0.15) is 78.1 Å². The van der Waals surface area contributed by atoms with Crippen LogP contribution in [0.5, 0.6) is 0 Å². The maximum Gasteiger partial charge on any atom is 0.237 e. The van der Waals surface area contributed by atoms with E-state index in [-0.39, 0.29) is 41.7 Å². The zero-order valence-corrected chi connectivity index (χ0v) is 20.6. The van der Waals surface area contributed by atoms with Gasteiger partial charge >= 0.3 is 0 Å². The minimum Gasteiger partial charge on any atom is -0.356 e. The third kappa shape index (κ3) is 6.87. The molecule has 0 radical (unpaired) electrons. The maximum absolute atomic E-state index is 13.4. The van der Waals surface area contributed by atoms with Crippen molar-refractivity contribution in [1.29, 1.82) is 0 Å². The summed E-state index contributed by atoms with van der Waals surface area (Å²) in [6, 6.07) is 0. The largest absolute Gasteiger partial charge is 0.356 e. The van der Waals surface area contributed by atoms with Crippen LogP contribution in [-0.2, 0) is 14.4 Å². The number of carbonyl (C=O) groups is 2. The zero-order chi connectivity index (χ0) is 24.1. The molecule has 0 bridgehead atoms. The normalized spacial score (nSPS) is 36.6. The number of rotatable bonds is 9. The van der Waals surface area contributed by atoms with Crippen LogP contribution in [0.2, 0.25) is 0 Å². The van der Waals surface area contributed by atoms with Gasteiger partial charge in [0.25, 0.3) is 0 Å². The van der Waals surface area contributed by atoms with Crippen molar-refractivity contribution in [1.82, 2.24) is 32.3 Å². The van der Waals surface area contributed by atoms with E-state index in [4.69, 9.17) is 4.84 Å². The second-order valence-electron chi connectivity index (χ2n) is 11.4. The number of hydrogen-bond donors (Lipinski definition) is 6. The van der Waals surface area contributed by atoms with Crippen molar-refractivity contribution in [2.45, 2.75) is 103 Å². The number of hydroxylamine groups is 1. The molecule has 4 aliphatic rings. The molecule has 34 heavy (non-hydrogen) atoms. The van der Waals surface area contributed by atoms with E-state index in [0.29, 0.717) is 44.1 Å². The smallest absolute Gasteiger partial charge is 0.237 e. The Balaban J connectivity index is 1.12. The fraction of sp³-hybridized carbons (Fsp3) is 0.917. The van der Waals surface area contributed by atoms with Gasteiger partial charge in [-0.05, 0) is 56.3 Å². The van der Waals surface area contributed by atoms with E-state index in [2.05, 4.69) is 46.1 Å². The third-order valence-corrected chi connectivity index (χ3v) is 8.01. The van der Waals surface area contributed by atoms with Gasteiger partial charge in [0.15, 0.2) is 0 Å². The first-order chi connectivity index (χ1) is 16.3. The molecule has 4 fully saturated rings. The molecule has 6 N–H and O–H groups in total. The van der Waals surface area contributed by atoms with Gasteiger partial charge in [0.05, 0.1) is 12.3 Å². The van der Waals surface area contributed by atoms with E-state index in [0.717, 1.165) is 38.6 Å². The SMILES string of the molecule is CC(C)(CNC(=O)CCC1NC(C2CCC(F)CC2)NO1)CNC1NNC(=O)C2CCCCC12. The van der Waals surface area contributed by atoms with Gasteiger partial charge in [-0.1, -0.05) is 26.7 Å². The quantitative estimate of drug-likeness (QED) is 0.296. The fourth-order valence-electron chi connectivity index (χ4n) is 5.78. The molecule has 0 aromatic heterocycles. The molecule has 5 atom stereocenters. The number of hydrogen-bond acceptors (Lipinski definition) is 7. The van der Waals surface area contributed by atoms with Crippen molar-refractivity contribution in [3.8, 4) is 0 Å². The average molecular weight is 483 g/mol. The molecule has 0 aromatic rings. The molecule has 2 saturated carbocycles. The standard InChI is InChI=1S/C24H43FN6O3/c1-24(2,14-27-22-17-5-3-4-6-18(17)23(33)30-29-22)13-26-19(32)11-12-20-28-21(31-34-20)15-7-9-16(25)10-8-15/h15-18,20-22,27-29,31H,3-14H2,1-2H3,(H,26,32)(H,30,33). The molecule has 0 aromatic carbocycles. The number of fused-ring (bicyclic) bond motifs is 1. The summed E-state index contributed by atoms with van der Waals surface area (Å²) < 4.78 is 13.4. The van der Waals surface area contributed by atoms with E-state index in [9.17, 15) is 14.0 Å². The number of amides is 2. The first-order valence-corrected chi connectivity index (χ1v) is 13.2. The Labute approximate surface area is 202 Å². The predicted molar refractivity (Wildman–Crippen MR) is 126 cm³/mol. The predicted octanol–water partition coefficient (Wildman–Crippen LogP) is 1.57. The molecule has 5 unspecified atom stereocenters. The number of nitrogens with one attached hydrogen (secondary N) is 6. The molecular weight excluding hydrogens is 439 g/mol. The molecule has 9 nitrogen and oxygen atoms in total. The Bertz CT molecular complexity index is 702. The number of halogens is 1. The lowest BCUT2D eigenvalue weighted by Gasteiger charge is -2.42. The highest BCUT2D eigenvalue weighted by Gasteiger charge is 2.40. The lowest BCUT2D eigenvalue weighted by atomic mass is 9.76. The van der Waals surface area contributed by atoms with Crippen LogP contribution in [0.15, 0.2) is 0 Å². The van der Waals surface area contributed by atoms with Gasteiger partial charge in [0, 0.05) is 31.3 Å². The molecular formula is C24H43FN6O3. The van der Waals surface area contributed by atoms with Crippen molar-refractivity contribution < 1.29 is 18.8 Å². The molecule has 4 rings (SSSR count). The van der Waals surface area contributed by atoms with Crippen LogP contribution in [0, 0.1) is 23.2 Å². The van der Waals surface area contributed by atoms with Gasteiger partial charge in [-0.3, -0.25) is 30.5 Å². The van der Waals surface area contributed by atoms with Crippen LogP contribution in [-0.4, -0.2) is 49.6 Å². The highest BCUT2D eigenvalue weighted by molar-refractivity contribution is 5.79. The molecule has 2 aliphatic heterocycles. The lowest BCUT2D eigenvalue weighted by Crippen LogP contribution is -2.65.